The predicted molar refractivity (Wildman–Crippen MR) is 114 cm³/mol. The van der Waals surface area contributed by atoms with E-state index < -0.39 is 34.1 Å². The number of carbonyl (C=O) groups excluding carboxylic acids is 1. The summed E-state index contributed by atoms with van der Waals surface area (Å²) in [6.45, 7) is 5.72. The van der Waals surface area contributed by atoms with Crippen LogP contribution in [0, 0.1) is 0 Å². The summed E-state index contributed by atoms with van der Waals surface area (Å²) in [5, 5.41) is 2.52. The van der Waals surface area contributed by atoms with Gasteiger partial charge in [-0.3, -0.25) is 9.10 Å². The molecule has 1 aliphatic rings. The monoisotopic (exact) mass is 472 g/mol. The van der Waals surface area contributed by atoms with Crippen LogP contribution >= 0.6 is 0 Å². The van der Waals surface area contributed by atoms with Gasteiger partial charge in [0.15, 0.2) is 6.10 Å². The first-order valence-corrected chi connectivity index (χ1v) is 11.4. The second kappa shape index (κ2) is 8.19. The number of halogens is 3. The molecule has 2 aromatic carbocycles. The van der Waals surface area contributed by atoms with E-state index in [9.17, 15) is 26.4 Å². The van der Waals surface area contributed by atoms with Crippen LogP contribution < -0.4 is 19.1 Å². The molecule has 0 radical (unpaired) electrons. The lowest BCUT2D eigenvalue weighted by Crippen LogP contribution is -2.48. The molecule has 1 aliphatic heterocycles. The molecule has 0 fully saturated rings. The SMILES string of the molecule is CC(C)(C)c1ccc2c(c1)N(S(C)(=O)=O)C[C@H](C(=O)Nc1ccc(OC(F)(F)F)cc1)O2. The minimum Gasteiger partial charge on any atom is -0.476 e. The van der Waals surface area contributed by atoms with Gasteiger partial charge in [-0.05, 0) is 47.4 Å². The van der Waals surface area contributed by atoms with Crippen molar-refractivity contribution in [1.29, 1.82) is 0 Å². The van der Waals surface area contributed by atoms with E-state index in [1.807, 2.05) is 20.8 Å². The maximum Gasteiger partial charge on any atom is 0.573 e. The van der Waals surface area contributed by atoms with Crippen LogP contribution in [0.25, 0.3) is 0 Å². The molecule has 0 spiro atoms. The van der Waals surface area contributed by atoms with Crippen LogP contribution in [0.4, 0.5) is 24.5 Å². The van der Waals surface area contributed by atoms with E-state index >= 15 is 0 Å². The maximum atomic E-state index is 12.7. The number of nitrogens with zero attached hydrogens (tertiary/aromatic N) is 1. The number of anilines is 2. The molecule has 0 saturated carbocycles. The van der Waals surface area contributed by atoms with Gasteiger partial charge < -0.3 is 14.8 Å². The zero-order chi connectivity index (χ0) is 23.9. The van der Waals surface area contributed by atoms with Crippen LogP contribution in [0.5, 0.6) is 11.5 Å². The number of hydrogen-bond acceptors (Lipinski definition) is 5. The number of nitrogens with one attached hydrogen (secondary N) is 1. The first kappa shape index (κ1) is 23.7. The van der Waals surface area contributed by atoms with Gasteiger partial charge in [0, 0.05) is 5.69 Å². The van der Waals surface area contributed by atoms with Crippen molar-refractivity contribution in [2.24, 2.45) is 0 Å². The molecule has 2 aromatic rings. The van der Waals surface area contributed by atoms with Gasteiger partial charge in [-0.2, -0.15) is 0 Å². The molecule has 0 aliphatic carbocycles. The molecule has 0 unspecified atom stereocenters. The Kier molecular flexibility index (Phi) is 6.07. The van der Waals surface area contributed by atoms with Gasteiger partial charge in [0.25, 0.3) is 5.91 Å². The largest absolute Gasteiger partial charge is 0.573 e. The summed E-state index contributed by atoms with van der Waals surface area (Å²) in [4.78, 5) is 12.7. The van der Waals surface area contributed by atoms with Crippen molar-refractivity contribution in [2.45, 2.75) is 38.7 Å². The third-order valence-corrected chi connectivity index (χ3v) is 5.89. The van der Waals surface area contributed by atoms with E-state index in [1.54, 1.807) is 18.2 Å². The highest BCUT2D eigenvalue weighted by Crippen LogP contribution is 2.38. The summed E-state index contributed by atoms with van der Waals surface area (Å²) in [5.41, 5.74) is 1.22. The van der Waals surface area contributed by atoms with Gasteiger partial charge in [0.2, 0.25) is 10.0 Å². The molecule has 0 saturated heterocycles. The zero-order valence-corrected chi connectivity index (χ0v) is 18.7. The van der Waals surface area contributed by atoms with Gasteiger partial charge in [0.1, 0.15) is 11.5 Å². The van der Waals surface area contributed by atoms with Gasteiger partial charge >= 0.3 is 6.36 Å². The van der Waals surface area contributed by atoms with Crippen molar-refractivity contribution in [3.8, 4) is 11.5 Å². The molecule has 7 nitrogen and oxygen atoms in total. The van der Waals surface area contributed by atoms with Crippen molar-refractivity contribution < 1.29 is 35.9 Å². The lowest BCUT2D eigenvalue weighted by molar-refractivity contribution is -0.274. The quantitative estimate of drug-likeness (QED) is 0.726. The Morgan fingerprint density at radius 2 is 1.75 bits per heavy atom. The number of sulfonamides is 1. The number of benzene rings is 2. The summed E-state index contributed by atoms with van der Waals surface area (Å²) in [7, 11) is -3.71. The standard InChI is InChI=1S/C21H23F3N2O5S/c1-20(2,3)13-5-10-17-16(11-13)26(32(4,28)29)12-18(30-17)19(27)25-14-6-8-15(9-7-14)31-21(22,23)24/h5-11,18H,12H2,1-4H3,(H,25,27)/t18-/m1/s1. The van der Waals surface area contributed by atoms with Gasteiger partial charge in [0.05, 0.1) is 18.5 Å². The Bertz CT molecular complexity index is 1110. The lowest BCUT2D eigenvalue weighted by atomic mass is 9.86. The average Bonchev–Trinajstić information content (AvgIpc) is 2.65. The first-order valence-electron chi connectivity index (χ1n) is 9.59. The molecule has 0 bridgehead atoms. The van der Waals surface area contributed by atoms with Crippen LogP contribution in [0.1, 0.15) is 26.3 Å². The number of fused-ring (bicyclic) bond motifs is 1. The van der Waals surface area contributed by atoms with Crippen LogP contribution in [-0.4, -0.2) is 39.6 Å². The predicted octanol–water partition coefficient (Wildman–Crippen LogP) is 4.05. The van der Waals surface area contributed by atoms with Gasteiger partial charge in [-0.15, -0.1) is 13.2 Å². The topological polar surface area (TPSA) is 84.9 Å². The summed E-state index contributed by atoms with van der Waals surface area (Å²) in [6, 6.07) is 9.73. The van der Waals surface area contributed by atoms with E-state index in [4.69, 9.17) is 4.74 Å². The summed E-state index contributed by atoms with van der Waals surface area (Å²) < 4.78 is 72.3. The van der Waals surface area contributed by atoms with Crippen molar-refractivity contribution in [3.63, 3.8) is 0 Å². The number of hydrogen-bond donors (Lipinski definition) is 1. The number of amides is 1. The molecular formula is C21H23F3N2O5S. The molecule has 1 N–H and O–H groups in total. The third-order valence-electron chi connectivity index (χ3n) is 4.74. The van der Waals surface area contributed by atoms with Gasteiger partial charge in [-0.25, -0.2) is 8.42 Å². The van der Waals surface area contributed by atoms with E-state index in [2.05, 4.69) is 10.1 Å². The second-order valence-electron chi connectivity index (χ2n) is 8.39. The molecule has 174 valence electrons. The van der Waals surface area contributed by atoms with Crippen LogP contribution in [0.2, 0.25) is 0 Å². The maximum absolute atomic E-state index is 12.7. The Morgan fingerprint density at radius 3 is 2.28 bits per heavy atom. The molecule has 1 amide bonds. The number of ether oxygens (including phenoxy) is 2. The molecule has 11 heteroatoms. The van der Waals surface area contributed by atoms with Gasteiger partial charge in [-0.1, -0.05) is 26.8 Å². The van der Waals surface area contributed by atoms with Crippen molar-refractivity contribution in [1.82, 2.24) is 0 Å². The molecule has 1 heterocycles. The summed E-state index contributed by atoms with van der Waals surface area (Å²) >= 11 is 0. The van der Waals surface area contributed by atoms with Crippen molar-refractivity contribution >= 4 is 27.3 Å². The third kappa shape index (κ3) is 5.64. The highest BCUT2D eigenvalue weighted by Gasteiger charge is 2.36. The smallest absolute Gasteiger partial charge is 0.476 e. The highest BCUT2D eigenvalue weighted by atomic mass is 32.2. The average molecular weight is 472 g/mol. The highest BCUT2D eigenvalue weighted by molar-refractivity contribution is 7.92. The fraction of sp³-hybridized carbons (Fsp3) is 0.381. The van der Waals surface area contributed by atoms with E-state index in [-0.39, 0.29) is 23.4 Å². The molecule has 3 rings (SSSR count). The van der Waals surface area contributed by atoms with Crippen LogP contribution in [0.3, 0.4) is 0 Å². The number of alkyl halides is 3. The molecular weight excluding hydrogens is 449 g/mol. The van der Waals surface area contributed by atoms with E-state index in [0.717, 1.165) is 28.3 Å². The van der Waals surface area contributed by atoms with Crippen molar-refractivity contribution in [2.75, 3.05) is 22.4 Å². The molecule has 0 aromatic heterocycles. The van der Waals surface area contributed by atoms with E-state index in [0.29, 0.717) is 5.69 Å². The zero-order valence-electron chi connectivity index (χ0n) is 17.9. The first-order chi connectivity index (χ1) is 14.6. The normalized spacial score (nSPS) is 16.7. The summed E-state index contributed by atoms with van der Waals surface area (Å²) in [6.07, 6.45) is -4.94. The van der Waals surface area contributed by atoms with Crippen molar-refractivity contribution in [3.05, 3.63) is 48.0 Å². The molecule has 32 heavy (non-hydrogen) atoms. The lowest BCUT2D eigenvalue weighted by Gasteiger charge is -2.35. The van der Waals surface area contributed by atoms with E-state index in [1.165, 1.54) is 12.1 Å². The second-order valence-corrected chi connectivity index (χ2v) is 10.3. The number of carbonyl (C=O) groups is 1. The summed E-state index contributed by atoms with van der Waals surface area (Å²) in [5.74, 6) is -0.839. The number of rotatable bonds is 4. The Hall–Kier alpha value is -2.95. The minimum atomic E-state index is -4.82. The minimum absolute atomic E-state index is 0.202. The fourth-order valence-electron chi connectivity index (χ4n) is 3.13. The van der Waals surface area contributed by atoms with Crippen LogP contribution in [0.15, 0.2) is 42.5 Å². The molecule has 1 atom stereocenters. The Morgan fingerprint density at radius 1 is 1.12 bits per heavy atom. The Balaban J connectivity index is 1.82. The Labute approximate surface area is 184 Å². The van der Waals surface area contributed by atoms with Crippen LogP contribution in [-0.2, 0) is 20.2 Å². The fourth-order valence-corrected chi connectivity index (χ4v) is 4.04.